The highest BCUT2D eigenvalue weighted by Gasteiger charge is 2.33. The van der Waals surface area contributed by atoms with E-state index in [4.69, 9.17) is 4.74 Å². The predicted molar refractivity (Wildman–Crippen MR) is 123 cm³/mol. The van der Waals surface area contributed by atoms with Crippen molar-refractivity contribution in [2.24, 2.45) is 0 Å². The van der Waals surface area contributed by atoms with Crippen LogP contribution < -0.4 is 4.74 Å². The average molecular weight is 387 g/mol. The Bertz CT molecular complexity index is 721. The van der Waals surface area contributed by atoms with Gasteiger partial charge in [0.15, 0.2) is 0 Å². The fourth-order valence-electron chi connectivity index (χ4n) is 3.79. The summed E-state index contributed by atoms with van der Waals surface area (Å²) in [6.07, 6.45) is 11.0. The maximum absolute atomic E-state index is 10.3. The van der Waals surface area contributed by atoms with Crippen LogP contribution in [0.5, 0.6) is 11.5 Å². The number of allylic oxidation sites excluding steroid dienone is 4. The van der Waals surface area contributed by atoms with Gasteiger partial charge in [-0.05, 0) is 104 Å². The van der Waals surface area contributed by atoms with Crippen LogP contribution in [0, 0.1) is 20.8 Å². The molecular formula is C26H42O2. The summed E-state index contributed by atoms with van der Waals surface area (Å²) in [4.78, 5) is 0. The Morgan fingerprint density at radius 1 is 1.00 bits per heavy atom. The summed E-state index contributed by atoms with van der Waals surface area (Å²) < 4.78 is 6.51. The molecule has 0 amide bonds. The third-order valence-corrected chi connectivity index (χ3v) is 5.85. The molecule has 2 nitrogen and oxygen atoms in total. The van der Waals surface area contributed by atoms with Crippen molar-refractivity contribution in [1.29, 1.82) is 0 Å². The number of hydrogen-bond donors (Lipinski definition) is 1. The smallest absolute Gasteiger partial charge is 0.127 e. The Balaban J connectivity index is 0.00000190. The van der Waals surface area contributed by atoms with Gasteiger partial charge in [-0.3, -0.25) is 0 Å². The maximum Gasteiger partial charge on any atom is 0.127 e. The predicted octanol–water partition coefficient (Wildman–Crippen LogP) is 7.90. The molecule has 1 aliphatic rings. The van der Waals surface area contributed by atoms with Crippen molar-refractivity contribution in [2.45, 2.75) is 106 Å². The van der Waals surface area contributed by atoms with Gasteiger partial charge in [-0.2, -0.15) is 0 Å². The van der Waals surface area contributed by atoms with Gasteiger partial charge in [0, 0.05) is 5.56 Å². The molecule has 0 saturated carbocycles. The zero-order chi connectivity index (χ0) is 21.5. The van der Waals surface area contributed by atoms with E-state index in [1.165, 1.54) is 16.7 Å². The minimum Gasteiger partial charge on any atom is -0.507 e. The highest BCUT2D eigenvalue weighted by Crippen LogP contribution is 2.44. The lowest BCUT2D eigenvalue weighted by Gasteiger charge is -2.38. The highest BCUT2D eigenvalue weighted by atomic mass is 16.5. The molecule has 0 saturated heterocycles. The summed E-state index contributed by atoms with van der Waals surface area (Å²) in [6, 6.07) is 0. The second kappa shape index (κ2) is 10.7. The lowest BCUT2D eigenvalue weighted by Crippen LogP contribution is -2.37. The van der Waals surface area contributed by atoms with Gasteiger partial charge < -0.3 is 9.84 Å². The van der Waals surface area contributed by atoms with Crippen LogP contribution in [0.15, 0.2) is 23.3 Å². The lowest BCUT2D eigenvalue weighted by atomic mass is 9.85. The maximum atomic E-state index is 10.3. The number of rotatable bonds is 6. The van der Waals surface area contributed by atoms with Gasteiger partial charge >= 0.3 is 0 Å². The molecule has 28 heavy (non-hydrogen) atoms. The second-order valence-electron chi connectivity index (χ2n) is 8.49. The van der Waals surface area contributed by atoms with Crippen LogP contribution in [-0.4, -0.2) is 10.7 Å². The van der Waals surface area contributed by atoms with Gasteiger partial charge in [0.2, 0.25) is 0 Å². The minimum absolute atomic E-state index is 0.121. The molecule has 2 rings (SSSR count). The molecule has 1 aromatic rings. The summed E-state index contributed by atoms with van der Waals surface area (Å²) in [5, 5.41) is 10.3. The average Bonchev–Trinajstić information content (AvgIpc) is 2.66. The molecule has 1 aromatic carbocycles. The number of phenolic OH excluding ortho intramolecular Hbond substituents is 1. The Morgan fingerprint density at radius 2 is 1.64 bits per heavy atom. The van der Waals surface area contributed by atoms with Crippen molar-refractivity contribution in [3.8, 4) is 11.5 Å². The van der Waals surface area contributed by atoms with Crippen molar-refractivity contribution < 1.29 is 9.84 Å². The first-order valence-corrected chi connectivity index (χ1v) is 10.9. The number of aromatic hydroxyl groups is 1. The third-order valence-electron chi connectivity index (χ3n) is 5.85. The molecular weight excluding hydrogens is 344 g/mol. The quantitative estimate of drug-likeness (QED) is 0.503. The zero-order valence-corrected chi connectivity index (χ0v) is 19.8. The van der Waals surface area contributed by atoms with Crippen molar-refractivity contribution in [3.05, 3.63) is 45.6 Å². The Hall–Kier alpha value is -1.70. The van der Waals surface area contributed by atoms with E-state index in [2.05, 4.69) is 46.8 Å². The van der Waals surface area contributed by atoms with E-state index in [9.17, 15) is 5.11 Å². The molecule has 1 heterocycles. The molecule has 0 spiro atoms. The van der Waals surface area contributed by atoms with E-state index in [-0.39, 0.29) is 5.60 Å². The fraction of sp³-hybridized carbons (Fsp3) is 0.615. The molecule has 158 valence electrons. The van der Waals surface area contributed by atoms with Crippen molar-refractivity contribution in [2.75, 3.05) is 0 Å². The zero-order valence-electron chi connectivity index (χ0n) is 19.8. The normalized spacial score (nSPS) is 18.5. The van der Waals surface area contributed by atoms with Crippen LogP contribution in [0.4, 0.5) is 0 Å². The molecule has 2 heteroatoms. The standard InChI is InChI=1S/C24H36O2.C2H6/c1-16(2)10-8-11-17(3)12-9-14-24(7)15-13-21-20(6)22(25)18(4)19(5)23(21)26-24;1-2/h10,12,25H,8-9,11,13-15H2,1-7H3;1-2H3/b17-12+;/t24-;/m1./s1. The molecule has 1 N–H and O–H groups in total. The molecule has 0 aromatic heterocycles. The van der Waals surface area contributed by atoms with Crippen LogP contribution in [0.1, 0.15) is 95.9 Å². The minimum atomic E-state index is -0.121. The first-order chi connectivity index (χ1) is 13.1. The number of hydrogen-bond acceptors (Lipinski definition) is 2. The van der Waals surface area contributed by atoms with Crippen molar-refractivity contribution >= 4 is 0 Å². The van der Waals surface area contributed by atoms with Gasteiger partial charge in [0.25, 0.3) is 0 Å². The summed E-state index contributed by atoms with van der Waals surface area (Å²) in [5.74, 6) is 1.44. The van der Waals surface area contributed by atoms with E-state index in [0.717, 1.165) is 61.0 Å². The van der Waals surface area contributed by atoms with E-state index < -0.39 is 0 Å². The Morgan fingerprint density at radius 3 is 2.25 bits per heavy atom. The molecule has 0 radical (unpaired) electrons. The molecule has 1 aliphatic heterocycles. The first kappa shape index (κ1) is 24.3. The highest BCUT2D eigenvalue weighted by molar-refractivity contribution is 5.58. The largest absolute Gasteiger partial charge is 0.507 e. The first-order valence-electron chi connectivity index (χ1n) is 10.9. The fourth-order valence-corrected chi connectivity index (χ4v) is 3.79. The van der Waals surface area contributed by atoms with E-state index in [0.29, 0.717) is 5.75 Å². The monoisotopic (exact) mass is 386 g/mol. The number of benzene rings is 1. The topological polar surface area (TPSA) is 29.5 Å². The Labute approximate surface area is 173 Å². The molecule has 0 fully saturated rings. The van der Waals surface area contributed by atoms with Crippen LogP contribution >= 0.6 is 0 Å². The van der Waals surface area contributed by atoms with Gasteiger partial charge in [0.05, 0.1) is 0 Å². The van der Waals surface area contributed by atoms with E-state index in [1.54, 1.807) is 0 Å². The SMILES string of the molecule is CC.CC(C)=CCC/C(C)=C/CC[C@]1(C)CCc2c(C)c(O)c(C)c(C)c2O1. The molecule has 1 atom stereocenters. The van der Waals surface area contributed by atoms with Crippen LogP contribution in [0.25, 0.3) is 0 Å². The number of ether oxygens (including phenoxy) is 1. The van der Waals surface area contributed by atoms with Crippen molar-refractivity contribution in [3.63, 3.8) is 0 Å². The molecule has 0 bridgehead atoms. The summed E-state index contributed by atoms with van der Waals surface area (Å²) in [5.41, 5.74) is 6.95. The summed E-state index contributed by atoms with van der Waals surface area (Å²) >= 11 is 0. The van der Waals surface area contributed by atoms with Crippen LogP contribution in [-0.2, 0) is 6.42 Å². The van der Waals surface area contributed by atoms with Crippen molar-refractivity contribution in [1.82, 2.24) is 0 Å². The van der Waals surface area contributed by atoms with E-state index >= 15 is 0 Å². The molecule has 0 aliphatic carbocycles. The van der Waals surface area contributed by atoms with Gasteiger partial charge in [0.1, 0.15) is 17.1 Å². The van der Waals surface area contributed by atoms with Crippen LogP contribution in [0.2, 0.25) is 0 Å². The summed E-state index contributed by atoms with van der Waals surface area (Å²) in [6.45, 7) is 18.8. The number of phenols is 1. The van der Waals surface area contributed by atoms with Gasteiger partial charge in [-0.15, -0.1) is 0 Å². The van der Waals surface area contributed by atoms with Crippen LogP contribution in [0.3, 0.4) is 0 Å². The number of fused-ring (bicyclic) bond motifs is 1. The van der Waals surface area contributed by atoms with Gasteiger partial charge in [-0.25, -0.2) is 0 Å². The molecule has 0 unspecified atom stereocenters. The lowest BCUT2D eigenvalue weighted by molar-refractivity contribution is 0.0558. The van der Waals surface area contributed by atoms with Gasteiger partial charge in [-0.1, -0.05) is 37.1 Å². The summed E-state index contributed by atoms with van der Waals surface area (Å²) in [7, 11) is 0. The third kappa shape index (κ3) is 6.15. The van der Waals surface area contributed by atoms with E-state index in [1.807, 2.05) is 27.7 Å². The Kier molecular flexibility index (Phi) is 9.33. The second-order valence-corrected chi connectivity index (χ2v) is 8.49.